The predicted octanol–water partition coefficient (Wildman–Crippen LogP) is 15.9. The fourth-order valence-electron chi connectivity index (χ4n) is 11.4. The lowest BCUT2D eigenvalue weighted by molar-refractivity contribution is 0.669. The summed E-state index contributed by atoms with van der Waals surface area (Å²) >= 11 is 0. The Morgan fingerprint density at radius 2 is 0.918 bits per heavy atom. The van der Waals surface area contributed by atoms with Crippen LogP contribution in [0.3, 0.4) is 0 Å². The molecule has 61 heavy (non-hydrogen) atoms. The van der Waals surface area contributed by atoms with Gasteiger partial charge in [0, 0.05) is 27.7 Å². The first-order chi connectivity index (χ1) is 30.3. The molecule has 1 spiro atoms. The summed E-state index contributed by atoms with van der Waals surface area (Å²) in [5.41, 5.74) is 22.8. The second kappa shape index (κ2) is 12.1. The molecule has 0 atom stereocenters. The largest absolute Gasteiger partial charge is 0.456 e. The molecule has 3 aliphatic carbocycles. The first-order valence-electron chi connectivity index (χ1n) is 21.2. The van der Waals surface area contributed by atoms with Gasteiger partial charge in [0.05, 0.1) is 11.1 Å². The maximum Gasteiger partial charge on any atom is 0.135 e. The molecular formula is C59H35NO. The molecule has 1 heterocycles. The average molecular weight is 774 g/mol. The molecule has 0 N–H and O–H groups in total. The van der Waals surface area contributed by atoms with E-state index in [0.29, 0.717) is 0 Å². The lowest BCUT2D eigenvalue weighted by Crippen LogP contribution is -2.26. The Bertz CT molecular complexity index is 3610. The van der Waals surface area contributed by atoms with E-state index in [2.05, 4.69) is 211 Å². The minimum atomic E-state index is -0.438. The zero-order valence-electron chi connectivity index (χ0n) is 33.1. The summed E-state index contributed by atoms with van der Waals surface area (Å²) in [4.78, 5) is 2.46. The molecule has 10 aromatic carbocycles. The highest BCUT2D eigenvalue weighted by atomic mass is 16.3. The van der Waals surface area contributed by atoms with Crippen LogP contribution in [0, 0.1) is 0 Å². The Morgan fingerprint density at radius 3 is 1.69 bits per heavy atom. The highest BCUT2D eigenvalue weighted by molar-refractivity contribution is 6.16. The molecule has 0 radical (unpaired) electrons. The van der Waals surface area contributed by atoms with Crippen molar-refractivity contribution < 1.29 is 4.42 Å². The molecule has 14 rings (SSSR count). The molecule has 0 fully saturated rings. The van der Waals surface area contributed by atoms with Crippen molar-refractivity contribution in [1.29, 1.82) is 0 Å². The van der Waals surface area contributed by atoms with E-state index < -0.39 is 5.41 Å². The van der Waals surface area contributed by atoms with Gasteiger partial charge < -0.3 is 9.32 Å². The van der Waals surface area contributed by atoms with E-state index in [1.165, 1.54) is 88.7 Å². The average Bonchev–Trinajstić information content (AvgIpc) is 4.04. The minimum Gasteiger partial charge on any atom is -0.456 e. The van der Waals surface area contributed by atoms with Gasteiger partial charge in [-0.1, -0.05) is 164 Å². The Morgan fingerprint density at radius 1 is 0.344 bits per heavy atom. The molecule has 282 valence electrons. The molecule has 1 aromatic heterocycles. The smallest absolute Gasteiger partial charge is 0.135 e. The summed E-state index contributed by atoms with van der Waals surface area (Å²) < 4.78 is 6.37. The van der Waals surface area contributed by atoms with Gasteiger partial charge in [-0.15, -0.1) is 0 Å². The Hall–Kier alpha value is -7.94. The minimum absolute atomic E-state index is 0.438. The van der Waals surface area contributed by atoms with E-state index in [0.717, 1.165) is 39.0 Å². The summed E-state index contributed by atoms with van der Waals surface area (Å²) in [5, 5.41) is 4.87. The van der Waals surface area contributed by atoms with Crippen molar-refractivity contribution in [3.05, 3.63) is 235 Å². The maximum absolute atomic E-state index is 6.37. The molecule has 0 amide bonds. The third-order valence-corrected chi connectivity index (χ3v) is 13.8. The Labute approximate surface area is 353 Å². The standard InChI is InChI=1S/C59H35NO/c1-5-20-50-42(14-1)43-15-2-6-21-51(43)59(50)52-22-7-3-17-47(52)58-53(59)23-11-24-54(58)60(40-31-33-56-49(35-40)44-16-4-8-25-55(44)61-56)39-29-26-36(27-30-39)38-28-32-41-45-18-9-12-37-13-10-19-46(57(37)45)48(41)34-38/h1-35H. The lowest BCUT2D eigenvalue weighted by atomic mass is 9.70. The number of hydrogen-bond donors (Lipinski definition) is 0. The van der Waals surface area contributed by atoms with Crippen LogP contribution in [0.2, 0.25) is 0 Å². The first kappa shape index (κ1) is 33.0. The van der Waals surface area contributed by atoms with Crippen LogP contribution in [-0.2, 0) is 5.41 Å². The SMILES string of the molecule is c1ccc2c(c1)-c1ccccc1C21c2ccccc2-c2c(N(c3ccc(-c4ccc5c(c4)-c4cccc6cccc-5c46)cc3)c3ccc4oc5ccccc5c4c3)cccc21. The van der Waals surface area contributed by atoms with Gasteiger partial charge in [-0.2, -0.15) is 0 Å². The number of anilines is 3. The van der Waals surface area contributed by atoms with E-state index in [9.17, 15) is 0 Å². The Kier molecular flexibility index (Phi) is 6.52. The van der Waals surface area contributed by atoms with Gasteiger partial charge in [-0.3, -0.25) is 0 Å². The van der Waals surface area contributed by atoms with Crippen LogP contribution in [0.1, 0.15) is 22.3 Å². The molecule has 2 heteroatoms. The number of benzene rings is 10. The third-order valence-electron chi connectivity index (χ3n) is 13.8. The quantitative estimate of drug-likeness (QED) is 0.177. The molecule has 0 saturated heterocycles. The van der Waals surface area contributed by atoms with Crippen LogP contribution < -0.4 is 4.90 Å². The molecule has 2 nitrogen and oxygen atoms in total. The molecule has 0 saturated carbocycles. The monoisotopic (exact) mass is 773 g/mol. The van der Waals surface area contributed by atoms with Crippen molar-refractivity contribution >= 4 is 49.8 Å². The van der Waals surface area contributed by atoms with Crippen molar-refractivity contribution in [3.63, 3.8) is 0 Å². The van der Waals surface area contributed by atoms with Crippen molar-refractivity contribution in [1.82, 2.24) is 0 Å². The number of hydrogen-bond acceptors (Lipinski definition) is 2. The normalized spacial score (nSPS) is 13.4. The highest BCUT2D eigenvalue weighted by Crippen LogP contribution is 2.64. The van der Waals surface area contributed by atoms with Gasteiger partial charge in [0.1, 0.15) is 11.2 Å². The van der Waals surface area contributed by atoms with Crippen LogP contribution in [0.15, 0.2) is 217 Å². The lowest BCUT2D eigenvalue weighted by Gasteiger charge is -2.32. The number of fused-ring (bicyclic) bond motifs is 16. The number of furan rings is 1. The summed E-state index contributed by atoms with van der Waals surface area (Å²) in [6.07, 6.45) is 0. The van der Waals surface area contributed by atoms with E-state index in [4.69, 9.17) is 4.42 Å². The fraction of sp³-hybridized carbons (Fsp3) is 0.0169. The van der Waals surface area contributed by atoms with E-state index in [-0.39, 0.29) is 0 Å². The van der Waals surface area contributed by atoms with E-state index in [1.54, 1.807) is 0 Å². The van der Waals surface area contributed by atoms with Crippen LogP contribution in [0.5, 0.6) is 0 Å². The van der Waals surface area contributed by atoms with Crippen molar-refractivity contribution in [2.75, 3.05) is 4.90 Å². The van der Waals surface area contributed by atoms with E-state index in [1.807, 2.05) is 6.07 Å². The molecular weight excluding hydrogens is 739 g/mol. The van der Waals surface area contributed by atoms with Crippen molar-refractivity contribution in [3.8, 4) is 55.6 Å². The molecule has 0 aliphatic heterocycles. The van der Waals surface area contributed by atoms with Crippen LogP contribution >= 0.6 is 0 Å². The number of para-hydroxylation sites is 1. The predicted molar refractivity (Wildman–Crippen MR) is 252 cm³/mol. The van der Waals surface area contributed by atoms with Gasteiger partial charge in [0.2, 0.25) is 0 Å². The number of nitrogens with zero attached hydrogens (tertiary/aromatic N) is 1. The molecule has 11 aromatic rings. The van der Waals surface area contributed by atoms with Gasteiger partial charge >= 0.3 is 0 Å². The van der Waals surface area contributed by atoms with Crippen LogP contribution in [0.25, 0.3) is 88.3 Å². The number of rotatable bonds is 4. The first-order valence-corrected chi connectivity index (χ1v) is 21.2. The zero-order chi connectivity index (χ0) is 39.8. The summed E-state index contributed by atoms with van der Waals surface area (Å²) in [6.45, 7) is 0. The van der Waals surface area contributed by atoms with Crippen LogP contribution in [-0.4, -0.2) is 0 Å². The fourth-order valence-corrected chi connectivity index (χ4v) is 11.4. The topological polar surface area (TPSA) is 16.4 Å². The molecule has 3 aliphatic rings. The highest BCUT2D eigenvalue weighted by Gasteiger charge is 2.52. The summed E-state index contributed by atoms with van der Waals surface area (Å²) in [7, 11) is 0. The van der Waals surface area contributed by atoms with Gasteiger partial charge in [-0.05, 0) is 132 Å². The molecule has 0 bridgehead atoms. The maximum atomic E-state index is 6.37. The summed E-state index contributed by atoms with van der Waals surface area (Å²) in [5.74, 6) is 0. The Balaban J connectivity index is 0.982. The molecule has 0 unspecified atom stereocenters. The van der Waals surface area contributed by atoms with Gasteiger partial charge in [0.15, 0.2) is 0 Å². The van der Waals surface area contributed by atoms with Crippen LogP contribution in [0.4, 0.5) is 17.1 Å². The summed E-state index contributed by atoms with van der Waals surface area (Å²) in [6, 6.07) is 78.6. The van der Waals surface area contributed by atoms with Gasteiger partial charge in [-0.25, -0.2) is 0 Å². The van der Waals surface area contributed by atoms with E-state index >= 15 is 0 Å². The van der Waals surface area contributed by atoms with Crippen molar-refractivity contribution in [2.24, 2.45) is 0 Å². The third kappa shape index (κ3) is 4.31. The second-order valence-corrected chi connectivity index (χ2v) is 16.7. The van der Waals surface area contributed by atoms with Gasteiger partial charge in [0.25, 0.3) is 0 Å². The zero-order valence-corrected chi connectivity index (χ0v) is 33.1. The van der Waals surface area contributed by atoms with Crippen molar-refractivity contribution in [2.45, 2.75) is 5.41 Å². The second-order valence-electron chi connectivity index (χ2n) is 16.7.